The molecule has 6 nitrogen and oxygen atoms in total. The van der Waals surface area contributed by atoms with Crippen LogP contribution < -0.4 is 5.56 Å². The molecule has 0 unspecified atom stereocenters. The molecule has 6 heteroatoms. The summed E-state index contributed by atoms with van der Waals surface area (Å²) >= 11 is 0. The van der Waals surface area contributed by atoms with Crippen molar-refractivity contribution in [1.82, 2.24) is 19.6 Å². The Morgan fingerprint density at radius 1 is 1.13 bits per heavy atom. The highest BCUT2D eigenvalue weighted by atomic mass is 16.2. The summed E-state index contributed by atoms with van der Waals surface area (Å²) in [6, 6.07) is 12.1. The van der Waals surface area contributed by atoms with Gasteiger partial charge >= 0.3 is 0 Å². The lowest BCUT2D eigenvalue weighted by atomic mass is 9.71. The standard InChI is InChI=1S/C24H32N4O2/c1-2-8-21-17-13-18(22-11-6-7-12-27(21)22)16-26(15-17)24(30)20-14-23(29)28(25-20)19-9-4-3-5-10-19/h3-5,9-10,14,17-18,21-22,25H,2,6-8,11-13,15-16H2,1H3/t17-,18+,21-,22-/m0/s1. The monoisotopic (exact) mass is 408 g/mol. The van der Waals surface area contributed by atoms with Gasteiger partial charge in [-0.3, -0.25) is 19.6 Å². The lowest BCUT2D eigenvalue weighted by Crippen LogP contribution is -2.64. The van der Waals surface area contributed by atoms with E-state index in [2.05, 4.69) is 16.9 Å². The SMILES string of the molecule is CCC[C@H]1[C@H]2C[C@H](CN(C(=O)c3cc(=O)n(-c4ccccc4)[nH]3)C2)[C@@H]2CCCCN21. The average molecular weight is 409 g/mol. The quantitative estimate of drug-likeness (QED) is 0.845. The van der Waals surface area contributed by atoms with Gasteiger partial charge in [0.05, 0.1) is 5.69 Å². The van der Waals surface area contributed by atoms with Crippen LogP contribution in [0.1, 0.15) is 55.9 Å². The van der Waals surface area contributed by atoms with Gasteiger partial charge in [0.2, 0.25) is 0 Å². The minimum atomic E-state index is -0.191. The number of nitrogens with one attached hydrogen (secondary N) is 1. The first-order chi connectivity index (χ1) is 14.7. The third-order valence-corrected chi connectivity index (χ3v) is 7.46. The highest BCUT2D eigenvalue weighted by Crippen LogP contribution is 2.42. The highest BCUT2D eigenvalue weighted by Gasteiger charge is 2.47. The number of carbonyl (C=O) groups is 1. The Kier molecular flexibility index (Phi) is 5.27. The number of hydrogen-bond donors (Lipinski definition) is 1. The van der Waals surface area contributed by atoms with Gasteiger partial charge in [0.25, 0.3) is 11.5 Å². The third kappa shape index (κ3) is 3.41. The smallest absolute Gasteiger partial charge is 0.271 e. The van der Waals surface area contributed by atoms with E-state index in [1.807, 2.05) is 35.2 Å². The van der Waals surface area contributed by atoms with Gasteiger partial charge in [-0.25, -0.2) is 4.68 Å². The van der Waals surface area contributed by atoms with Crippen molar-refractivity contribution >= 4 is 5.91 Å². The van der Waals surface area contributed by atoms with Crippen molar-refractivity contribution in [2.75, 3.05) is 19.6 Å². The topological polar surface area (TPSA) is 61.3 Å². The predicted molar refractivity (Wildman–Crippen MR) is 117 cm³/mol. The molecule has 1 aromatic heterocycles. The first kappa shape index (κ1) is 19.6. The molecule has 0 aliphatic carbocycles. The first-order valence-corrected chi connectivity index (χ1v) is 11.6. The maximum atomic E-state index is 13.4. The van der Waals surface area contributed by atoms with Crippen LogP contribution in [0.4, 0.5) is 0 Å². The van der Waals surface area contributed by atoms with E-state index in [4.69, 9.17) is 0 Å². The van der Waals surface area contributed by atoms with E-state index < -0.39 is 0 Å². The number of piperidine rings is 3. The maximum Gasteiger partial charge on any atom is 0.271 e. The molecule has 1 amide bonds. The van der Waals surface area contributed by atoms with E-state index in [0.29, 0.717) is 29.6 Å². The number of fused-ring (bicyclic) bond motifs is 4. The van der Waals surface area contributed by atoms with E-state index in [-0.39, 0.29) is 11.5 Å². The van der Waals surface area contributed by atoms with Gasteiger partial charge in [-0.15, -0.1) is 0 Å². The summed E-state index contributed by atoms with van der Waals surface area (Å²) < 4.78 is 1.46. The minimum Gasteiger partial charge on any atom is -0.337 e. The number of rotatable bonds is 4. The summed E-state index contributed by atoms with van der Waals surface area (Å²) in [4.78, 5) is 30.7. The van der Waals surface area contributed by atoms with Gasteiger partial charge in [-0.05, 0) is 56.2 Å². The van der Waals surface area contributed by atoms with Crippen LogP contribution >= 0.6 is 0 Å². The average Bonchev–Trinajstić information content (AvgIpc) is 3.18. The fourth-order valence-electron chi connectivity index (χ4n) is 6.21. The molecule has 0 saturated carbocycles. The molecule has 2 aromatic rings. The Balaban J connectivity index is 1.39. The van der Waals surface area contributed by atoms with Crippen LogP contribution in [0, 0.1) is 11.8 Å². The van der Waals surface area contributed by atoms with Gasteiger partial charge in [0, 0.05) is 31.2 Å². The number of H-pyrrole nitrogens is 1. The van der Waals surface area contributed by atoms with Crippen molar-refractivity contribution in [2.24, 2.45) is 11.8 Å². The summed E-state index contributed by atoms with van der Waals surface area (Å²) in [6.07, 6.45) is 7.54. The number of hydrogen-bond acceptors (Lipinski definition) is 3. The zero-order valence-electron chi connectivity index (χ0n) is 17.8. The van der Waals surface area contributed by atoms with Crippen LogP contribution in [0.3, 0.4) is 0 Å². The van der Waals surface area contributed by atoms with Gasteiger partial charge in [0.15, 0.2) is 0 Å². The van der Waals surface area contributed by atoms with E-state index >= 15 is 0 Å². The second-order valence-corrected chi connectivity index (χ2v) is 9.30. The Labute approximate surface area is 177 Å². The highest BCUT2D eigenvalue weighted by molar-refractivity contribution is 5.92. The predicted octanol–water partition coefficient (Wildman–Crippen LogP) is 3.28. The van der Waals surface area contributed by atoms with E-state index in [1.165, 1.54) is 55.8 Å². The fraction of sp³-hybridized carbons (Fsp3) is 0.583. The molecule has 0 radical (unpaired) electrons. The maximum absolute atomic E-state index is 13.4. The molecule has 0 spiro atoms. The summed E-state index contributed by atoms with van der Waals surface area (Å²) in [5, 5.41) is 3.06. The Morgan fingerprint density at radius 2 is 1.93 bits per heavy atom. The summed E-state index contributed by atoms with van der Waals surface area (Å²) in [5.41, 5.74) is 0.957. The first-order valence-electron chi connectivity index (χ1n) is 11.6. The molecule has 3 aliphatic heterocycles. The van der Waals surface area contributed by atoms with Crippen molar-refractivity contribution < 1.29 is 4.79 Å². The molecule has 4 heterocycles. The summed E-state index contributed by atoms with van der Waals surface area (Å²) in [6.45, 7) is 5.12. The van der Waals surface area contributed by atoms with Crippen molar-refractivity contribution in [3.8, 4) is 5.69 Å². The molecule has 4 atom stereocenters. The molecular formula is C24H32N4O2. The summed E-state index contributed by atoms with van der Waals surface area (Å²) in [5.74, 6) is 1.07. The van der Waals surface area contributed by atoms with Crippen LogP contribution in [0.25, 0.3) is 5.69 Å². The second kappa shape index (κ2) is 8.06. The number of para-hydroxylation sites is 1. The molecule has 30 heavy (non-hydrogen) atoms. The number of aromatic nitrogens is 2. The zero-order valence-corrected chi connectivity index (χ0v) is 17.8. The zero-order chi connectivity index (χ0) is 20.7. The molecule has 5 rings (SSSR count). The summed E-state index contributed by atoms with van der Waals surface area (Å²) in [7, 11) is 0. The fourth-order valence-corrected chi connectivity index (χ4v) is 6.21. The van der Waals surface area contributed by atoms with Crippen LogP contribution in [0.5, 0.6) is 0 Å². The molecule has 2 bridgehead atoms. The molecular weight excluding hydrogens is 376 g/mol. The van der Waals surface area contributed by atoms with Gasteiger partial charge < -0.3 is 4.90 Å². The largest absolute Gasteiger partial charge is 0.337 e. The molecule has 3 fully saturated rings. The van der Waals surface area contributed by atoms with E-state index in [1.54, 1.807) is 0 Å². The van der Waals surface area contributed by atoms with Crippen LogP contribution in [0.15, 0.2) is 41.2 Å². The molecule has 160 valence electrons. The van der Waals surface area contributed by atoms with Crippen molar-refractivity contribution in [3.05, 3.63) is 52.4 Å². The van der Waals surface area contributed by atoms with Gasteiger partial charge in [-0.2, -0.15) is 0 Å². The van der Waals surface area contributed by atoms with Crippen molar-refractivity contribution in [3.63, 3.8) is 0 Å². The number of carbonyl (C=O) groups excluding carboxylic acids is 1. The normalized spacial score (nSPS) is 28.9. The van der Waals surface area contributed by atoms with Crippen molar-refractivity contribution in [2.45, 2.75) is 57.5 Å². The number of benzene rings is 1. The number of likely N-dealkylation sites (tertiary alicyclic amines) is 1. The number of aromatic amines is 1. The van der Waals surface area contributed by atoms with E-state index in [0.717, 1.165) is 18.8 Å². The van der Waals surface area contributed by atoms with Crippen LogP contribution in [0.2, 0.25) is 0 Å². The lowest BCUT2D eigenvalue weighted by Gasteiger charge is -2.57. The van der Waals surface area contributed by atoms with Gasteiger partial charge in [0.1, 0.15) is 5.69 Å². The number of amides is 1. The Hall–Kier alpha value is -2.34. The Bertz CT molecular complexity index is 950. The van der Waals surface area contributed by atoms with Crippen LogP contribution in [-0.2, 0) is 0 Å². The lowest BCUT2D eigenvalue weighted by molar-refractivity contribution is -0.0671. The Morgan fingerprint density at radius 3 is 2.73 bits per heavy atom. The second-order valence-electron chi connectivity index (χ2n) is 9.30. The molecule has 1 aromatic carbocycles. The van der Waals surface area contributed by atoms with Crippen molar-refractivity contribution in [1.29, 1.82) is 0 Å². The molecule has 3 saturated heterocycles. The third-order valence-electron chi connectivity index (χ3n) is 7.46. The van der Waals surface area contributed by atoms with Gasteiger partial charge in [-0.1, -0.05) is 38.0 Å². The van der Waals surface area contributed by atoms with E-state index in [9.17, 15) is 9.59 Å². The van der Waals surface area contributed by atoms with Crippen LogP contribution in [-0.4, -0.2) is 57.2 Å². The molecule has 3 aliphatic rings. The molecule has 1 N–H and O–H groups in total. The minimum absolute atomic E-state index is 0.0315. The number of nitrogens with zero attached hydrogens (tertiary/aromatic N) is 3.